The first-order valence-corrected chi connectivity index (χ1v) is 9.46. The highest BCUT2D eigenvalue weighted by Crippen LogP contribution is 2.31. The van der Waals surface area contributed by atoms with E-state index in [4.69, 9.17) is 4.74 Å². The van der Waals surface area contributed by atoms with Crippen molar-refractivity contribution in [1.29, 1.82) is 0 Å². The lowest BCUT2D eigenvalue weighted by atomic mass is 10.2. The van der Waals surface area contributed by atoms with Crippen molar-refractivity contribution in [3.8, 4) is 11.6 Å². The van der Waals surface area contributed by atoms with Crippen LogP contribution in [0.2, 0.25) is 0 Å². The second-order valence-corrected chi connectivity index (χ2v) is 6.54. The van der Waals surface area contributed by atoms with Crippen LogP contribution in [0.1, 0.15) is 18.9 Å². The number of pyridine rings is 1. The number of alkyl halides is 2. The highest BCUT2D eigenvalue weighted by Gasteiger charge is 2.26. The zero-order valence-corrected chi connectivity index (χ0v) is 16.1. The van der Waals surface area contributed by atoms with Gasteiger partial charge in [-0.2, -0.15) is 8.78 Å². The number of carbonyl (C=O) groups is 1. The van der Waals surface area contributed by atoms with Gasteiger partial charge in [0.25, 0.3) is 0 Å². The summed E-state index contributed by atoms with van der Waals surface area (Å²) in [4.78, 5) is 18.2. The molecule has 1 aliphatic heterocycles. The number of para-hydroxylation sites is 2. The average Bonchev–Trinajstić information content (AvgIpc) is 3.15. The number of hydrogen-bond donors (Lipinski definition) is 2. The third-order valence-electron chi connectivity index (χ3n) is 4.49. The number of urea groups is 1. The Kier molecular flexibility index (Phi) is 7.04. The van der Waals surface area contributed by atoms with E-state index in [1.54, 1.807) is 36.5 Å². The van der Waals surface area contributed by atoms with Gasteiger partial charge in [0, 0.05) is 37.9 Å². The van der Waals surface area contributed by atoms with Gasteiger partial charge >= 0.3 is 12.6 Å². The second kappa shape index (κ2) is 9.90. The van der Waals surface area contributed by atoms with Gasteiger partial charge in [-0.05, 0) is 37.1 Å². The molecular formula is C20H24F2N4O3. The summed E-state index contributed by atoms with van der Waals surface area (Å²) < 4.78 is 35.2. The number of carbonyl (C=O) groups excluding carboxylic acids is 1. The van der Waals surface area contributed by atoms with E-state index in [9.17, 15) is 13.6 Å². The van der Waals surface area contributed by atoms with Crippen molar-refractivity contribution in [3.63, 3.8) is 0 Å². The van der Waals surface area contributed by atoms with Crippen LogP contribution in [0.25, 0.3) is 0 Å². The number of nitrogens with zero attached hydrogens (tertiary/aromatic N) is 2. The molecule has 1 atom stereocenters. The predicted octanol–water partition coefficient (Wildman–Crippen LogP) is 3.16. The van der Waals surface area contributed by atoms with Gasteiger partial charge < -0.3 is 25.0 Å². The Labute approximate surface area is 168 Å². The summed E-state index contributed by atoms with van der Waals surface area (Å²) in [6.07, 6.45) is 2.34. The van der Waals surface area contributed by atoms with Crippen molar-refractivity contribution in [1.82, 2.24) is 15.6 Å². The lowest BCUT2D eigenvalue weighted by Crippen LogP contribution is -2.43. The fourth-order valence-corrected chi connectivity index (χ4v) is 3.22. The molecule has 29 heavy (non-hydrogen) atoms. The Balaban J connectivity index is 1.50. The van der Waals surface area contributed by atoms with Crippen LogP contribution in [0.5, 0.6) is 11.6 Å². The Bertz CT molecular complexity index is 822. The van der Waals surface area contributed by atoms with Crippen LogP contribution >= 0.6 is 0 Å². The fraction of sp³-hybridized carbons (Fsp3) is 0.400. The molecule has 156 valence electrons. The minimum Gasteiger partial charge on any atom is -0.478 e. The molecule has 2 aromatic rings. The minimum atomic E-state index is -2.88. The highest BCUT2D eigenvalue weighted by atomic mass is 19.3. The van der Waals surface area contributed by atoms with E-state index in [0.29, 0.717) is 44.2 Å². The van der Waals surface area contributed by atoms with Crippen LogP contribution in [0, 0.1) is 0 Å². The predicted molar refractivity (Wildman–Crippen MR) is 104 cm³/mol. The van der Waals surface area contributed by atoms with E-state index in [-0.39, 0.29) is 17.8 Å². The summed E-state index contributed by atoms with van der Waals surface area (Å²) in [7, 11) is 0. The summed E-state index contributed by atoms with van der Waals surface area (Å²) in [5.74, 6) is 0.652. The van der Waals surface area contributed by atoms with Crippen molar-refractivity contribution < 1.29 is 23.0 Å². The molecule has 2 N–H and O–H groups in total. The van der Waals surface area contributed by atoms with Gasteiger partial charge in [0.2, 0.25) is 5.88 Å². The normalized spacial score (nSPS) is 16.0. The van der Waals surface area contributed by atoms with Crippen molar-refractivity contribution >= 4 is 11.7 Å². The summed E-state index contributed by atoms with van der Waals surface area (Å²) in [6, 6.07) is 9.87. The van der Waals surface area contributed by atoms with E-state index in [2.05, 4.69) is 20.4 Å². The van der Waals surface area contributed by atoms with Gasteiger partial charge in [-0.25, -0.2) is 9.78 Å². The second-order valence-electron chi connectivity index (χ2n) is 6.54. The third kappa shape index (κ3) is 5.94. The van der Waals surface area contributed by atoms with E-state index in [0.717, 1.165) is 5.56 Å². The van der Waals surface area contributed by atoms with Gasteiger partial charge in [-0.3, -0.25) is 0 Å². The molecule has 0 aliphatic carbocycles. The molecule has 1 fully saturated rings. The van der Waals surface area contributed by atoms with Crippen LogP contribution in [-0.4, -0.2) is 43.4 Å². The van der Waals surface area contributed by atoms with Gasteiger partial charge in [-0.1, -0.05) is 12.1 Å². The summed E-state index contributed by atoms with van der Waals surface area (Å²) in [5, 5.41) is 5.73. The largest absolute Gasteiger partial charge is 0.478 e. The highest BCUT2D eigenvalue weighted by molar-refractivity contribution is 5.74. The number of aromatic nitrogens is 1. The van der Waals surface area contributed by atoms with Crippen molar-refractivity contribution in [2.75, 3.05) is 24.6 Å². The zero-order chi connectivity index (χ0) is 20.6. The van der Waals surface area contributed by atoms with Crippen molar-refractivity contribution in [2.45, 2.75) is 32.5 Å². The van der Waals surface area contributed by atoms with Crippen LogP contribution in [-0.2, 0) is 6.54 Å². The molecule has 1 aromatic heterocycles. The molecule has 0 radical (unpaired) electrons. The summed E-state index contributed by atoms with van der Waals surface area (Å²) in [6.45, 7) is 1.01. The maximum Gasteiger partial charge on any atom is 0.387 e. The van der Waals surface area contributed by atoms with Crippen LogP contribution in [0.3, 0.4) is 0 Å². The topological polar surface area (TPSA) is 75.7 Å². The first-order chi connectivity index (χ1) is 14.0. The first kappa shape index (κ1) is 20.6. The molecule has 1 unspecified atom stereocenters. The van der Waals surface area contributed by atoms with Gasteiger partial charge in [0.1, 0.15) is 5.75 Å². The monoisotopic (exact) mass is 406 g/mol. The molecule has 9 heteroatoms. The number of ether oxygens (including phenoxy) is 2. The van der Waals surface area contributed by atoms with Gasteiger partial charge in [0.05, 0.1) is 12.3 Å². The number of nitrogens with one attached hydrogen (secondary N) is 2. The molecule has 1 aliphatic rings. The molecule has 0 spiro atoms. The van der Waals surface area contributed by atoms with Gasteiger partial charge in [-0.15, -0.1) is 0 Å². The number of hydrogen-bond acceptors (Lipinski definition) is 5. The first-order valence-electron chi connectivity index (χ1n) is 9.46. The quantitative estimate of drug-likeness (QED) is 0.704. The number of anilines is 1. The van der Waals surface area contributed by atoms with Crippen LogP contribution < -0.4 is 25.0 Å². The van der Waals surface area contributed by atoms with Crippen molar-refractivity contribution in [2.24, 2.45) is 0 Å². The lowest BCUT2D eigenvalue weighted by Gasteiger charge is -2.22. The zero-order valence-electron chi connectivity index (χ0n) is 16.1. The summed E-state index contributed by atoms with van der Waals surface area (Å²) >= 11 is 0. The van der Waals surface area contributed by atoms with Gasteiger partial charge in [0.15, 0.2) is 0 Å². The van der Waals surface area contributed by atoms with Crippen molar-refractivity contribution in [3.05, 3.63) is 48.2 Å². The Morgan fingerprint density at radius 1 is 1.34 bits per heavy atom. The summed E-state index contributed by atoms with van der Waals surface area (Å²) in [5.41, 5.74) is 1.47. The third-order valence-corrected chi connectivity index (χ3v) is 4.49. The number of amides is 2. The Morgan fingerprint density at radius 3 is 2.97 bits per heavy atom. The van der Waals surface area contributed by atoms with E-state index >= 15 is 0 Å². The lowest BCUT2D eigenvalue weighted by molar-refractivity contribution is -0.0495. The molecule has 0 bridgehead atoms. The van der Waals surface area contributed by atoms with Crippen LogP contribution in [0.15, 0.2) is 42.6 Å². The molecule has 3 rings (SSSR count). The smallest absolute Gasteiger partial charge is 0.387 e. The molecule has 2 heterocycles. The molecule has 1 saturated heterocycles. The fourth-order valence-electron chi connectivity index (χ4n) is 3.22. The number of benzene rings is 1. The SMILES string of the molecule is CCOc1cc(CNC(=O)NC2CCN(c3ccccc3OC(F)F)C2)ccn1. The molecule has 7 nitrogen and oxygen atoms in total. The number of halogens is 2. The molecular weight excluding hydrogens is 382 g/mol. The minimum absolute atomic E-state index is 0.0916. The standard InChI is InChI=1S/C20H24F2N4O3/c1-2-28-18-11-14(7-9-23-18)12-24-20(27)25-15-8-10-26(13-15)16-5-3-4-6-17(16)29-19(21)22/h3-7,9,11,15,19H,2,8,10,12-13H2,1H3,(H2,24,25,27). The molecule has 2 amide bonds. The van der Waals surface area contributed by atoms with E-state index < -0.39 is 6.61 Å². The van der Waals surface area contributed by atoms with Crippen LogP contribution in [0.4, 0.5) is 19.3 Å². The molecule has 1 aromatic carbocycles. The van der Waals surface area contributed by atoms with E-state index in [1.165, 1.54) is 6.07 Å². The Hall–Kier alpha value is -3.10. The maximum absolute atomic E-state index is 12.6. The number of rotatable bonds is 8. The maximum atomic E-state index is 12.6. The Morgan fingerprint density at radius 2 is 2.17 bits per heavy atom. The average molecular weight is 406 g/mol. The van der Waals surface area contributed by atoms with E-state index in [1.807, 2.05) is 11.8 Å². The molecule has 0 saturated carbocycles.